The minimum atomic E-state index is 0.864. The lowest BCUT2D eigenvalue weighted by Crippen LogP contribution is -2.13. The Balaban J connectivity index is 1.88. The van der Waals surface area contributed by atoms with E-state index in [0.717, 1.165) is 25.9 Å². The zero-order valence-corrected chi connectivity index (χ0v) is 11.9. The van der Waals surface area contributed by atoms with Gasteiger partial charge in [-0.15, -0.1) is 11.3 Å². The Morgan fingerprint density at radius 2 is 1.83 bits per heavy atom. The van der Waals surface area contributed by atoms with Crippen molar-refractivity contribution in [1.29, 1.82) is 0 Å². The lowest BCUT2D eigenvalue weighted by Gasteiger charge is -2.07. The number of benzene rings is 1. The summed E-state index contributed by atoms with van der Waals surface area (Å²) in [4.78, 5) is 5.78. The summed E-state index contributed by atoms with van der Waals surface area (Å²) in [5.74, 6) is 0. The van der Waals surface area contributed by atoms with Gasteiger partial charge in [0, 0.05) is 24.2 Å². The smallest absolute Gasteiger partial charge is 0.107 e. The molecule has 1 heterocycles. The van der Waals surface area contributed by atoms with E-state index >= 15 is 0 Å². The second-order valence-electron chi connectivity index (χ2n) is 4.30. The van der Waals surface area contributed by atoms with E-state index in [9.17, 15) is 0 Å². The number of hydrogen-bond acceptors (Lipinski definition) is 3. The number of thiazole rings is 1. The van der Waals surface area contributed by atoms with Crippen molar-refractivity contribution in [2.24, 2.45) is 0 Å². The normalized spacial score (nSPS) is 10.8. The van der Waals surface area contributed by atoms with E-state index in [1.54, 1.807) is 11.3 Å². The predicted octanol–water partition coefficient (Wildman–Crippen LogP) is 3.56. The largest absolute Gasteiger partial charge is 0.306 e. The summed E-state index contributed by atoms with van der Waals surface area (Å²) in [7, 11) is 0. The molecule has 1 aromatic heterocycles. The Morgan fingerprint density at radius 3 is 2.50 bits per heavy atom. The first-order chi connectivity index (χ1) is 8.83. The number of nitrogens with zero attached hydrogens (tertiary/aromatic N) is 1. The minimum absolute atomic E-state index is 0.864. The van der Waals surface area contributed by atoms with Crippen molar-refractivity contribution >= 4 is 11.3 Å². The molecule has 1 aromatic carbocycles. The van der Waals surface area contributed by atoms with Gasteiger partial charge in [0.25, 0.3) is 0 Å². The molecule has 0 fully saturated rings. The molecule has 1 N–H and O–H groups in total. The summed E-state index contributed by atoms with van der Waals surface area (Å²) < 4.78 is 0. The van der Waals surface area contributed by atoms with Crippen molar-refractivity contribution in [2.75, 3.05) is 0 Å². The SMILES string of the molecule is CCc1cnc(CNCc2ccccc2CC)s1. The van der Waals surface area contributed by atoms with E-state index in [-0.39, 0.29) is 0 Å². The number of hydrogen-bond donors (Lipinski definition) is 1. The van der Waals surface area contributed by atoms with Crippen LogP contribution in [-0.2, 0) is 25.9 Å². The number of aromatic nitrogens is 1. The Kier molecular flexibility index (Phi) is 4.90. The molecule has 0 saturated heterocycles. The Labute approximate surface area is 113 Å². The summed E-state index contributed by atoms with van der Waals surface area (Å²) in [5, 5.41) is 4.66. The van der Waals surface area contributed by atoms with Gasteiger partial charge in [0.2, 0.25) is 0 Å². The number of aryl methyl sites for hydroxylation is 2. The van der Waals surface area contributed by atoms with Crippen LogP contribution in [0.3, 0.4) is 0 Å². The van der Waals surface area contributed by atoms with Gasteiger partial charge >= 0.3 is 0 Å². The van der Waals surface area contributed by atoms with Gasteiger partial charge in [-0.3, -0.25) is 0 Å². The molecule has 0 atom stereocenters. The molecular weight excluding hydrogens is 240 g/mol. The highest BCUT2D eigenvalue weighted by atomic mass is 32.1. The van der Waals surface area contributed by atoms with Crippen LogP contribution in [0, 0.1) is 0 Å². The molecule has 18 heavy (non-hydrogen) atoms. The fourth-order valence-electron chi connectivity index (χ4n) is 1.97. The van der Waals surface area contributed by atoms with E-state index in [0.29, 0.717) is 0 Å². The molecule has 96 valence electrons. The Hall–Kier alpha value is -1.19. The molecule has 0 radical (unpaired) electrons. The molecule has 0 spiro atoms. The molecule has 0 aliphatic rings. The first kappa shape index (κ1) is 13.2. The third-order valence-corrected chi connectivity index (χ3v) is 4.18. The van der Waals surface area contributed by atoms with Crippen LogP contribution in [0.5, 0.6) is 0 Å². The number of nitrogens with one attached hydrogen (secondary N) is 1. The molecular formula is C15H20N2S. The van der Waals surface area contributed by atoms with Gasteiger partial charge in [0.05, 0.1) is 0 Å². The van der Waals surface area contributed by atoms with Crippen LogP contribution >= 0.6 is 11.3 Å². The Morgan fingerprint density at radius 1 is 1.06 bits per heavy atom. The van der Waals surface area contributed by atoms with Crippen molar-refractivity contribution < 1.29 is 0 Å². The van der Waals surface area contributed by atoms with Gasteiger partial charge in [-0.1, -0.05) is 38.1 Å². The third kappa shape index (κ3) is 3.40. The van der Waals surface area contributed by atoms with Gasteiger partial charge in [-0.25, -0.2) is 4.98 Å². The van der Waals surface area contributed by atoms with Crippen LogP contribution in [0.25, 0.3) is 0 Å². The fourth-order valence-corrected chi connectivity index (χ4v) is 2.80. The minimum Gasteiger partial charge on any atom is -0.306 e. The molecule has 2 aromatic rings. The topological polar surface area (TPSA) is 24.9 Å². The van der Waals surface area contributed by atoms with Crippen LogP contribution in [0.4, 0.5) is 0 Å². The fraction of sp³-hybridized carbons (Fsp3) is 0.400. The van der Waals surface area contributed by atoms with Gasteiger partial charge in [0.15, 0.2) is 0 Å². The van der Waals surface area contributed by atoms with Gasteiger partial charge in [0.1, 0.15) is 5.01 Å². The van der Waals surface area contributed by atoms with Gasteiger partial charge < -0.3 is 5.32 Å². The van der Waals surface area contributed by atoms with E-state index in [1.165, 1.54) is 21.0 Å². The summed E-state index contributed by atoms with van der Waals surface area (Å²) in [6.45, 7) is 6.16. The van der Waals surface area contributed by atoms with Crippen molar-refractivity contribution in [3.05, 3.63) is 51.5 Å². The first-order valence-electron chi connectivity index (χ1n) is 6.54. The van der Waals surface area contributed by atoms with Crippen LogP contribution in [0.2, 0.25) is 0 Å². The second-order valence-corrected chi connectivity index (χ2v) is 5.50. The highest BCUT2D eigenvalue weighted by molar-refractivity contribution is 7.11. The zero-order chi connectivity index (χ0) is 12.8. The molecule has 0 unspecified atom stereocenters. The van der Waals surface area contributed by atoms with Crippen LogP contribution in [-0.4, -0.2) is 4.98 Å². The van der Waals surface area contributed by atoms with E-state index in [1.807, 2.05) is 6.20 Å². The molecule has 3 heteroatoms. The maximum atomic E-state index is 4.42. The first-order valence-corrected chi connectivity index (χ1v) is 7.36. The summed E-state index contributed by atoms with van der Waals surface area (Å²) in [6, 6.07) is 8.62. The van der Waals surface area contributed by atoms with Crippen molar-refractivity contribution in [3.8, 4) is 0 Å². The monoisotopic (exact) mass is 260 g/mol. The van der Waals surface area contributed by atoms with E-state index in [2.05, 4.69) is 48.4 Å². The Bertz CT molecular complexity index is 491. The average Bonchev–Trinajstić information content (AvgIpc) is 2.87. The van der Waals surface area contributed by atoms with Gasteiger partial charge in [-0.2, -0.15) is 0 Å². The lowest BCUT2D eigenvalue weighted by molar-refractivity contribution is 0.685. The molecule has 0 bridgehead atoms. The molecule has 0 saturated carbocycles. The van der Waals surface area contributed by atoms with Crippen molar-refractivity contribution in [1.82, 2.24) is 10.3 Å². The maximum absolute atomic E-state index is 4.42. The summed E-state index contributed by atoms with van der Waals surface area (Å²) >= 11 is 1.80. The van der Waals surface area contributed by atoms with Crippen LogP contribution in [0.1, 0.15) is 34.9 Å². The lowest BCUT2D eigenvalue weighted by atomic mass is 10.1. The highest BCUT2D eigenvalue weighted by Crippen LogP contribution is 2.14. The van der Waals surface area contributed by atoms with Crippen LogP contribution < -0.4 is 5.32 Å². The van der Waals surface area contributed by atoms with Crippen molar-refractivity contribution in [2.45, 2.75) is 39.8 Å². The second kappa shape index (κ2) is 6.66. The van der Waals surface area contributed by atoms with E-state index < -0.39 is 0 Å². The van der Waals surface area contributed by atoms with Crippen LogP contribution in [0.15, 0.2) is 30.5 Å². The predicted molar refractivity (Wildman–Crippen MR) is 77.9 cm³/mol. The highest BCUT2D eigenvalue weighted by Gasteiger charge is 2.02. The molecule has 0 aliphatic heterocycles. The molecule has 2 nitrogen and oxygen atoms in total. The zero-order valence-electron chi connectivity index (χ0n) is 11.1. The summed E-state index contributed by atoms with van der Waals surface area (Å²) in [5.41, 5.74) is 2.82. The number of rotatable bonds is 6. The summed E-state index contributed by atoms with van der Waals surface area (Å²) in [6.07, 6.45) is 4.16. The third-order valence-electron chi connectivity index (χ3n) is 3.04. The standard InChI is InChI=1S/C15H20N2S/c1-3-12-7-5-6-8-13(12)9-16-11-15-17-10-14(4-2)18-15/h5-8,10,16H,3-4,9,11H2,1-2H3. The maximum Gasteiger partial charge on any atom is 0.107 e. The molecule has 0 amide bonds. The average molecular weight is 260 g/mol. The van der Waals surface area contributed by atoms with E-state index in [4.69, 9.17) is 0 Å². The molecule has 0 aliphatic carbocycles. The van der Waals surface area contributed by atoms with Crippen molar-refractivity contribution in [3.63, 3.8) is 0 Å². The molecule has 2 rings (SSSR count). The quantitative estimate of drug-likeness (QED) is 0.859. The van der Waals surface area contributed by atoms with Gasteiger partial charge in [-0.05, 0) is 24.0 Å².